The van der Waals surface area contributed by atoms with Crippen molar-refractivity contribution in [1.82, 2.24) is 9.97 Å². The van der Waals surface area contributed by atoms with Crippen LogP contribution in [0.25, 0.3) is 0 Å². The summed E-state index contributed by atoms with van der Waals surface area (Å²) in [4.78, 5) is 18.7. The Hall–Kier alpha value is -1.81. The van der Waals surface area contributed by atoms with Gasteiger partial charge in [0.05, 0.1) is 0 Å². The van der Waals surface area contributed by atoms with E-state index >= 15 is 0 Å². The zero-order valence-corrected chi connectivity index (χ0v) is 10.7. The van der Waals surface area contributed by atoms with Gasteiger partial charge in [-0.15, -0.1) is 6.58 Å². The summed E-state index contributed by atoms with van der Waals surface area (Å²) in [6.07, 6.45) is 3.86. The molecule has 0 aliphatic rings. The maximum absolute atomic E-state index is 11.7. The Bertz CT molecular complexity index is 578. The van der Waals surface area contributed by atoms with Crippen molar-refractivity contribution in [3.8, 4) is 0 Å². The molecular weight excluding hydrogens is 244 g/mol. The zero-order chi connectivity index (χ0) is 12.8. The van der Waals surface area contributed by atoms with Crippen LogP contribution in [0.15, 0.2) is 59.1 Å². The predicted octanol–water partition coefficient (Wildman–Crippen LogP) is 2.79. The predicted molar refractivity (Wildman–Crippen MR) is 74.8 cm³/mol. The molecular formula is C14H14N2OS. The van der Waals surface area contributed by atoms with Gasteiger partial charge in [0, 0.05) is 17.5 Å². The summed E-state index contributed by atoms with van der Waals surface area (Å²) < 4.78 is 0. The summed E-state index contributed by atoms with van der Waals surface area (Å²) >= 11 is 1.52. The number of benzene rings is 1. The number of thioether (sulfide) groups is 1. The van der Waals surface area contributed by atoms with E-state index in [0.29, 0.717) is 17.1 Å². The van der Waals surface area contributed by atoms with Crippen LogP contribution in [0.4, 0.5) is 0 Å². The maximum Gasteiger partial charge on any atom is 0.255 e. The third-order valence-corrected chi connectivity index (χ3v) is 3.39. The zero-order valence-electron chi connectivity index (χ0n) is 9.93. The molecule has 1 aromatic carbocycles. The summed E-state index contributed by atoms with van der Waals surface area (Å²) in [6.45, 7) is 3.61. The largest absolute Gasteiger partial charge is 0.301 e. The first-order chi connectivity index (χ1) is 8.79. The van der Waals surface area contributed by atoms with E-state index in [-0.39, 0.29) is 5.56 Å². The second-order valence-electron chi connectivity index (χ2n) is 3.81. The first-order valence-electron chi connectivity index (χ1n) is 5.65. The van der Waals surface area contributed by atoms with Crippen LogP contribution >= 0.6 is 11.8 Å². The number of allylic oxidation sites excluding steroid dienone is 1. The molecule has 1 N–H and O–H groups in total. The van der Waals surface area contributed by atoms with Crippen molar-refractivity contribution in [2.75, 3.05) is 0 Å². The first-order valence-corrected chi connectivity index (χ1v) is 6.64. The van der Waals surface area contributed by atoms with Gasteiger partial charge in [-0.2, -0.15) is 0 Å². The minimum atomic E-state index is -0.0829. The lowest BCUT2D eigenvalue weighted by atomic mass is 10.2. The number of H-pyrrole nitrogens is 1. The molecule has 0 atom stereocenters. The van der Waals surface area contributed by atoms with Crippen LogP contribution in [0.5, 0.6) is 0 Å². The fourth-order valence-corrected chi connectivity index (χ4v) is 2.29. The molecule has 0 bridgehead atoms. The molecule has 4 heteroatoms. The van der Waals surface area contributed by atoms with Crippen molar-refractivity contribution in [3.05, 3.63) is 70.7 Å². The lowest BCUT2D eigenvalue weighted by Gasteiger charge is -2.02. The van der Waals surface area contributed by atoms with E-state index in [2.05, 4.69) is 28.7 Å². The highest BCUT2D eigenvalue weighted by molar-refractivity contribution is 7.98. The molecule has 0 fully saturated rings. The van der Waals surface area contributed by atoms with Gasteiger partial charge >= 0.3 is 0 Å². The van der Waals surface area contributed by atoms with E-state index in [1.165, 1.54) is 17.3 Å². The Labute approximate surface area is 110 Å². The number of nitrogens with zero attached hydrogens (tertiary/aromatic N) is 1. The average molecular weight is 258 g/mol. The highest BCUT2D eigenvalue weighted by atomic mass is 32.2. The standard InChI is InChI=1S/C14H14N2OS/c1-2-6-12-9-15-14(16-13(12)17)18-10-11-7-4-3-5-8-11/h2-5,7-9H,1,6,10H2,(H,15,16,17). The molecule has 0 unspecified atom stereocenters. The molecule has 92 valence electrons. The lowest BCUT2D eigenvalue weighted by Crippen LogP contribution is -2.13. The Morgan fingerprint density at radius 3 is 2.78 bits per heavy atom. The minimum Gasteiger partial charge on any atom is -0.301 e. The molecule has 0 aliphatic heterocycles. The second kappa shape index (κ2) is 6.21. The normalized spacial score (nSPS) is 10.2. The molecule has 0 amide bonds. The lowest BCUT2D eigenvalue weighted by molar-refractivity contribution is 0.904. The molecule has 2 aromatic rings. The fraction of sp³-hybridized carbons (Fsp3) is 0.143. The van der Waals surface area contributed by atoms with Gasteiger partial charge in [-0.1, -0.05) is 48.2 Å². The summed E-state index contributed by atoms with van der Waals surface area (Å²) in [6, 6.07) is 10.1. The van der Waals surface area contributed by atoms with Gasteiger partial charge < -0.3 is 4.98 Å². The van der Waals surface area contributed by atoms with Crippen LogP contribution in [0, 0.1) is 0 Å². The van der Waals surface area contributed by atoms with E-state index in [0.717, 1.165) is 5.75 Å². The monoisotopic (exact) mass is 258 g/mol. The summed E-state index contributed by atoms with van der Waals surface area (Å²) in [5, 5.41) is 0.650. The topological polar surface area (TPSA) is 45.8 Å². The van der Waals surface area contributed by atoms with E-state index in [9.17, 15) is 4.79 Å². The summed E-state index contributed by atoms with van der Waals surface area (Å²) in [5.41, 5.74) is 1.77. The molecule has 0 aliphatic carbocycles. The first kappa shape index (κ1) is 12.6. The number of aromatic amines is 1. The summed E-state index contributed by atoms with van der Waals surface area (Å²) in [5.74, 6) is 0.796. The van der Waals surface area contributed by atoms with Crippen LogP contribution < -0.4 is 5.56 Å². The molecule has 0 spiro atoms. The van der Waals surface area contributed by atoms with Gasteiger partial charge in [0.25, 0.3) is 5.56 Å². The third kappa shape index (κ3) is 3.34. The molecule has 3 nitrogen and oxygen atoms in total. The SMILES string of the molecule is C=CCc1cnc(SCc2ccccc2)[nH]c1=O. The summed E-state index contributed by atoms with van der Waals surface area (Å²) in [7, 11) is 0. The van der Waals surface area contributed by atoms with Gasteiger partial charge in [0.15, 0.2) is 5.16 Å². The molecule has 0 saturated heterocycles. The van der Waals surface area contributed by atoms with E-state index in [1.54, 1.807) is 12.3 Å². The Balaban J connectivity index is 2.04. The number of hydrogen-bond donors (Lipinski definition) is 1. The number of hydrogen-bond acceptors (Lipinski definition) is 3. The van der Waals surface area contributed by atoms with Gasteiger partial charge in [-0.05, 0) is 12.0 Å². The van der Waals surface area contributed by atoms with Crippen LogP contribution in [-0.4, -0.2) is 9.97 Å². The Kier molecular flexibility index (Phi) is 4.36. The van der Waals surface area contributed by atoms with Crippen molar-refractivity contribution < 1.29 is 0 Å². The van der Waals surface area contributed by atoms with Gasteiger partial charge in [0.1, 0.15) is 0 Å². The molecule has 2 rings (SSSR count). The van der Waals surface area contributed by atoms with Crippen LogP contribution in [-0.2, 0) is 12.2 Å². The van der Waals surface area contributed by atoms with Crippen molar-refractivity contribution in [3.63, 3.8) is 0 Å². The Morgan fingerprint density at radius 2 is 2.11 bits per heavy atom. The minimum absolute atomic E-state index is 0.0829. The molecule has 1 aromatic heterocycles. The highest BCUT2D eigenvalue weighted by Gasteiger charge is 2.02. The molecule has 0 radical (unpaired) electrons. The van der Waals surface area contributed by atoms with Gasteiger partial charge in [0.2, 0.25) is 0 Å². The van der Waals surface area contributed by atoms with Crippen molar-refractivity contribution in [1.29, 1.82) is 0 Å². The fourth-order valence-electron chi connectivity index (χ4n) is 1.51. The van der Waals surface area contributed by atoms with Crippen LogP contribution in [0.3, 0.4) is 0 Å². The van der Waals surface area contributed by atoms with E-state index < -0.39 is 0 Å². The van der Waals surface area contributed by atoms with Crippen molar-refractivity contribution in [2.24, 2.45) is 0 Å². The Morgan fingerprint density at radius 1 is 1.33 bits per heavy atom. The van der Waals surface area contributed by atoms with E-state index in [1.807, 2.05) is 18.2 Å². The van der Waals surface area contributed by atoms with E-state index in [4.69, 9.17) is 0 Å². The quantitative estimate of drug-likeness (QED) is 0.509. The van der Waals surface area contributed by atoms with Crippen LogP contribution in [0.2, 0.25) is 0 Å². The number of nitrogens with one attached hydrogen (secondary N) is 1. The maximum atomic E-state index is 11.7. The molecule has 18 heavy (non-hydrogen) atoms. The third-order valence-electron chi connectivity index (χ3n) is 2.43. The average Bonchev–Trinajstić information content (AvgIpc) is 2.41. The number of rotatable bonds is 5. The van der Waals surface area contributed by atoms with Gasteiger partial charge in [-0.25, -0.2) is 4.98 Å². The number of aromatic nitrogens is 2. The van der Waals surface area contributed by atoms with Gasteiger partial charge in [-0.3, -0.25) is 4.79 Å². The molecule has 0 saturated carbocycles. The second-order valence-corrected chi connectivity index (χ2v) is 4.77. The van der Waals surface area contributed by atoms with Crippen LogP contribution in [0.1, 0.15) is 11.1 Å². The van der Waals surface area contributed by atoms with Crippen molar-refractivity contribution >= 4 is 11.8 Å². The van der Waals surface area contributed by atoms with Crippen molar-refractivity contribution in [2.45, 2.75) is 17.3 Å². The molecule has 1 heterocycles. The highest BCUT2D eigenvalue weighted by Crippen LogP contribution is 2.17. The smallest absolute Gasteiger partial charge is 0.255 e.